The zero-order chi connectivity index (χ0) is 13.0. The van der Waals surface area contributed by atoms with Gasteiger partial charge in [0.15, 0.2) is 0 Å². The lowest BCUT2D eigenvalue weighted by molar-refractivity contribution is -0.142. The Morgan fingerprint density at radius 2 is 1.74 bits per heavy atom. The standard InChI is InChI=1S/C16H26N2O/c1-2-18-14(8-17-9-15(18)19)16-12-4-10-3-11(6-12)7-13(16)5-10/h10-14,16-17H,2-9H2,1H3. The lowest BCUT2D eigenvalue weighted by Crippen LogP contribution is -2.62. The predicted molar refractivity (Wildman–Crippen MR) is 74.6 cm³/mol. The number of piperazine rings is 1. The van der Waals surface area contributed by atoms with E-state index in [2.05, 4.69) is 17.1 Å². The van der Waals surface area contributed by atoms with Gasteiger partial charge in [0.1, 0.15) is 0 Å². The highest BCUT2D eigenvalue weighted by Crippen LogP contribution is 2.57. The molecule has 3 heteroatoms. The molecule has 5 rings (SSSR count). The molecule has 1 unspecified atom stereocenters. The molecule has 0 aromatic carbocycles. The number of carbonyl (C=O) groups is 1. The molecule has 1 heterocycles. The lowest BCUT2D eigenvalue weighted by Gasteiger charge is -2.58. The third kappa shape index (κ3) is 1.84. The number of carbonyl (C=O) groups excluding carboxylic acids is 1. The summed E-state index contributed by atoms with van der Waals surface area (Å²) in [6.07, 6.45) is 7.35. The van der Waals surface area contributed by atoms with E-state index in [0.29, 0.717) is 18.5 Å². The second-order valence-corrected chi connectivity index (χ2v) is 7.39. The third-order valence-corrected chi connectivity index (χ3v) is 6.44. The first-order valence-electron chi connectivity index (χ1n) is 8.26. The highest BCUT2D eigenvalue weighted by atomic mass is 16.2. The molecule has 1 aliphatic heterocycles. The molecule has 5 aliphatic rings. The normalized spacial score (nSPS) is 48.9. The van der Waals surface area contributed by atoms with E-state index in [4.69, 9.17) is 0 Å². The van der Waals surface area contributed by atoms with Crippen molar-refractivity contribution in [3.05, 3.63) is 0 Å². The van der Waals surface area contributed by atoms with Crippen LogP contribution < -0.4 is 5.32 Å². The molecule has 5 fully saturated rings. The summed E-state index contributed by atoms with van der Waals surface area (Å²) in [5.74, 6) is 5.02. The maximum Gasteiger partial charge on any atom is 0.236 e. The molecule has 106 valence electrons. The van der Waals surface area contributed by atoms with Gasteiger partial charge in [-0.3, -0.25) is 4.79 Å². The van der Waals surface area contributed by atoms with E-state index in [9.17, 15) is 4.79 Å². The van der Waals surface area contributed by atoms with Crippen LogP contribution in [0.3, 0.4) is 0 Å². The summed E-state index contributed by atoms with van der Waals surface area (Å²) in [5, 5.41) is 3.37. The minimum absolute atomic E-state index is 0.326. The number of nitrogens with zero attached hydrogens (tertiary/aromatic N) is 1. The summed E-state index contributed by atoms with van der Waals surface area (Å²) in [5.41, 5.74) is 0. The Morgan fingerprint density at radius 3 is 2.32 bits per heavy atom. The quantitative estimate of drug-likeness (QED) is 0.824. The van der Waals surface area contributed by atoms with Crippen LogP contribution in [0, 0.1) is 29.6 Å². The lowest BCUT2D eigenvalue weighted by atomic mass is 9.50. The van der Waals surface area contributed by atoms with Gasteiger partial charge in [-0.15, -0.1) is 0 Å². The number of likely N-dealkylation sites (N-methyl/N-ethyl adjacent to an activating group) is 1. The van der Waals surface area contributed by atoms with E-state index in [1.165, 1.54) is 32.1 Å². The molecule has 1 atom stereocenters. The maximum absolute atomic E-state index is 12.1. The van der Waals surface area contributed by atoms with Crippen LogP contribution in [0.25, 0.3) is 0 Å². The van der Waals surface area contributed by atoms with Gasteiger partial charge in [0.05, 0.1) is 6.54 Å². The molecule has 1 amide bonds. The molecule has 4 bridgehead atoms. The van der Waals surface area contributed by atoms with E-state index < -0.39 is 0 Å². The van der Waals surface area contributed by atoms with Crippen LogP contribution in [0.2, 0.25) is 0 Å². The van der Waals surface area contributed by atoms with Crippen molar-refractivity contribution in [2.45, 2.75) is 45.1 Å². The van der Waals surface area contributed by atoms with Crippen molar-refractivity contribution in [1.82, 2.24) is 10.2 Å². The highest BCUT2D eigenvalue weighted by Gasteiger charge is 2.52. The molecule has 0 radical (unpaired) electrons. The first-order valence-corrected chi connectivity index (χ1v) is 8.26. The average Bonchev–Trinajstić information content (AvgIpc) is 2.37. The van der Waals surface area contributed by atoms with Gasteiger partial charge in [-0.2, -0.15) is 0 Å². The number of hydrogen-bond donors (Lipinski definition) is 1. The van der Waals surface area contributed by atoms with Crippen molar-refractivity contribution in [2.75, 3.05) is 19.6 Å². The second kappa shape index (κ2) is 4.47. The van der Waals surface area contributed by atoms with Gasteiger partial charge < -0.3 is 10.2 Å². The molecule has 0 aromatic heterocycles. The zero-order valence-corrected chi connectivity index (χ0v) is 12.0. The van der Waals surface area contributed by atoms with Gasteiger partial charge in [0.2, 0.25) is 5.91 Å². The number of hydrogen-bond acceptors (Lipinski definition) is 2. The number of nitrogens with one attached hydrogen (secondary N) is 1. The van der Waals surface area contributed by atoms with Gasteiger partial charge in [-0.1, -0.05) is 0 Å². The largest absolute Gasteiger partial charge is 0.337 e. The van der Waals surface area contributed by atoms with E-state index in [1.807, 2.05) is 0 Å². The zero-order valence-electron chi connectivity index (χ0n) is 12.0. The predicted octanol–water partition coefficient (Wildman–Crippen LogP) is 1.88. The van der Waals surface area contributed by atoms with Gasteiger partial charge in [0.25, 0.3) is 0 Å². The van der Waals surface area contributed by atoms with E-state index in [1.54, 1.807) is 0 Å². The average molecular weight is 262 g/mol. The van der Waals surface area contributed by atoms with Crippen LogP contribution >= 0.6 is 0 Å². The Balaban J connectivity index is 1.59. The Hall–Kier alpha value is -0.570. The first kappa shape index (κ1) is 12.2. The fourth-order valence-corrected chi connectivity index (χ4v) is 6.07. The highest BCUT2D eigenvalue weighted by molar-refractivity contribution is 5.79. The van der Waals surface area contributed by atoms with Crippen LogP contribution in [0.4, 0.5) is 0 Å². The summed E-state index contributed by atoms with van der Waals surface area (Å²) in [6, 6.07) is 0.487. The van der Waals surface area contributed by atoms with Gasteiger partial charge in [0, 0.05) is 19.1 Å². The summed E-state index contributed by atoms with van der Waals surface area (Å²) in [4.78, 5) is 14.3. The van der Waals surface area contributed by atoms with Crippen LogP contribution in [0.1, 0.15) is 39.0 Å². The Morgan fingerprint density at radius 1 is 1.11 bits per heavy atom. The Kier molecular flexibility index (Phi) is 2.87. The van der Waals surface area contributed by atoms with Gasteiger partial charge in [-0.25, -0.2) is 0 Å². The van der Waals surface area contributed by atoms with Crippen LogP contribution in [0.5, 0.6) is 0 Å². The van der Waals surface area contributed by atoms with Crippen LogP contribution in [-0.2, 0) is 4.79 Å². The van der Waals surface area contributed by atoms with E-state index in [0.717, 1.165) is 42.7 Å². The van der Waals surface area contributed by atoms with E-state index >= 15 is 0 Å². The smallest absolute Gasteiger partial charge is 0.236 e. The number of amides is 1. The van der Waals surface area contributed by atoms with Gasteiger partial charge in [-0.05, 0) is 68.6 Å². The van der Waals surface area contributed by atoms with Gasteiger partial charge >= 0.3 is 0 Å². The molecule has 3 nitrogen and oxygen atoms in total. The molecule has 0 spiro atoms. The number of rotatable bonds is 2. The molecule has 4 aliphatic carbocycles. The summed E-state index contributed by atoms with van der Waals surface area (Å²) in [7, 11) is 0. The third-order valence-electron chi connectivity index (χ3n) is 6.44. The van der Waals surface area contributed by atoms with E-state index in [-0.39, 0.29) is 0 Å². The fraction of sp³-hybridized carbons (Fsp3) is 0.938. The summed E-state index contributed by atoms with van der Waals surface area (Å²) < 4.78 is 0. The van der Waals surface area contributed by atoms with Crippen molar-refractivity contribution in [2.24, 2.45) is 29.6 Å². The summed E-state index contributed by atoms with van der Waals surface area (Å²) in [6.45, 7) is 4.63. The SMILES string of the molecule is CCN1C(=O)CNCC1C1C2CC3CC(C2)CC1C3. The minimum Gasteiger partial charge on any atom is -0.337 e. The topological polar surface area (TPSA) is 32.3 Å². The molecule has 0 aromatic rings. The fourth-order valence-electron chi connectivity index (χ4n) is 6.07. The van der Waals surface area contributed by atoms with Crippen molar-refractivity contribution >= 4 is 5.91 Å². The molecular weight excluding hydrogens is 236 g/mol. The van der Waals surface area contributed by atoms with Crippen molar-refractivity contribution in [3.8, 4) is 0 Å². The molecular formula is C16H26N2O. The summed E-state index contributed by atoms with van der Waals surface area (Å²) >= 11 is 0. The van der Waals surface area contributed by atoms with Crippen LogP contribution in [0.15, 0.2) is 0 Å². The Bertz CT molecular complexity index is 353. The Labute approximate surface area is 116 Å². The second-order valence-electron chi connectivity index (χ2n) is 7.39. The van der Waals surface area contributed by atoms with Crippen molar-refractivity contribution in [1.29, 1.82) is 0 Å². The molecule has 1 saturated heterocycles. The monoisotopic (exact) mass is 262 g/mol. The van der Waals surface area contributed by atoms with Crippen molar-refractivity contribution in [3.63, 3.8) is 0 Å². The van der Waals surface area contributed by atoms with Crippen LogP contribution in [-0.4, -0.2) is 36.5 Å². The molecule has 4 saturated carbocycles. The van der Waals surface area contributed by atoms with Crippen molar-refractivity contribution < 1.29 is 4.79 Å². The molecule has 1 N–H and O–H groups in total. The first-order chi connectivity index (χ1) is 9.26. The molecule has 19 heavy (non-hydrogen) atoms. The maximum atomic E-state index is 12.1. The minimum atomic E-state index is 0.326.